The first-order chi connectivity index (χ1) is 15.2. The van der Waals surface area contributed by atoms with Gasteiger partial charge in [-0.25, -0.2) is 5.43 Å². The van der Waals surface area contributed by atoms with Crippen LogP contribution >= 0.6 is 11.8 Å². The first-order valence-electron chi connectivity index (χ1n) is 9.78. The number of hydrogen-bond donors (Lipinski definition) is 1. The van der Waals surface area contributed by atoms with E-state index in [0.29, 0.717) is 5.16 Å². The van der Waals surface area contributed by atoms with Gasteiger partial charge in [0.25, 0.3) is 5.91 Å². The molecule has 1 N–H and O–H groups in total. The van der Waals surface area contributed by atoms with Gasteiger partial charge in [-0.3, -0.25) is 9.36 Å². The lowest BCUT2D eigenvalue weighted by Gasteiger charge is -2.10. The van der Waals surface area contributed by atoms with Crippen LogP contribution < -0.4 is 5.43 Å². The summed E-state index contributed by atoms with van der Waals surface area (Å²) in [5.41, 5.74) is 6.56. The lowest BCUT2D eigenvalue weighted by molar-refractivity contribution is -0.118. The quantitative estimate of drug-likeness (QED) is 0.268. The average molecular weight is 428 g/mol. The number of rotatable bonds is 7. The summed E-state index contributed by atoms with van der Waals surface area (Å²) < 4.78 is 1.96. The van der Waals surface area contributed by atoms with Crippen LogP contribution in [-0.4, -0.2) is 32.6 Å². The number of aryl methyl sites for hydroxylation is 1. The maximum absolute atomic E-state index is 12.3. The van der Waals surface area contributed by atoms with Crippen molar-refractivity contribution in [2.75, 3.05) is 5.75 Å². The highest BCUT2D eigenvalue weighted by atomic mass is 32.2. The Kier molecular flexibility index (Phi) is 6.54. The molecule has 0 bridgehead atoms. The van der Waals surface area contributed by atoms with Crippen LogP contribution in [0.4, 0.5) is 0 Å². The molecule has 0 atom stereocenters. The molecular formula is C24H21N5OS. The van der Waals surface area contributed by atoms with Crippen LogP contribution in [0.2, 0.25) is 0 Å². The summed E-state index contributed by atoms with van der Waals surface area (Å²) in [6.45, 7) is 2.03. The Morgan fingerprint density at radius 1 is 0.968 bits per heavy atom. The molecule has 1 amide bonds. The number of hydrogen-bond acceptors (Lipinski definition) is 5. The van der Waals surface area contributed by atoms with Crippen LogP contribution in [0.1, 0.15) is 11.1 Å². The highest BCUT2D eigenvalue weighted by Crippen LogP contribution is 2.27. The molecule has 0 unspecified atom stereocenters. The summed E-state index contributed by atoms with van der Waals surface area (Å²) in [5, 5.41) is 13.4. The smallest absolute Gasteiger partial charge is 0.250 e. The highest BCUT2D eigenvalue weighted by molar-refractivity contribution is 7.99. The Hall–Kier alpha value is -3.71. The monoisotopic (exact) mass is 427 g/mol. The minimum absolute atomic E-state index is 0.172. The fourth-order valence-corrected chi connectivity index (χ4v) is 3.69. The molecule has 0 aliphatic rings. The molecule has 6 nitrogen and oxygen atoms in total. The number of thioether (sulfide) groups is 1. The van der Waals surface area contributed by atoms with Crippen LogP contribution in [0.25, 0.3) is 17.1 Å². The molecule has 4 rings (SSSR count). The first-order valence-corrected chi connectivity index (χ1v) is 10.8. The normalized spacial score (nSPS) is 11.0. The zero-order valence-corrected chi connectivity index (χ0v) is 17.8. The number of hydrazone groups is 1. The average Bonchev–Trinajstić information content (AvgIpc) is 3.24. The second-order valence-electron chi connectivity index (χ2n) is 6.84. The van der Waals surface area contributed by atoms with Crippen molar-refractivity contribution in [3.8, 4) is 17.1 Å². The molecular weight excluding hydrogens is 406 g/mol. The molecule has 0 saturated carbocycles. The lowest BCUT2D eigenvalue weighted by atomic mass is 10.2. The fourth-order valence-electron chi connectivity index (χ4n) is 2.94. The molecule has 0 saturated heterocycles. The van der Waals surface area contributed by atoms with Crippen molar-refractivity contribution in [1.82, 2.24) is 20.2 Å². The largest absolute Gasteiger partial charge is 0.272 e. The Labute approximate surface area is 185 Å². The summed E-state index contributed by atoms with van der Waals surface area (Å²) in [7, 11) is 0. The van der Waals surface area contributed by atoms with Gasteiger partial charge in [0.05, 0.1) is 12.0 Å². The third-order valence-corrected chi connectivity index (χ3v) is 5.42. The van der Waals surface area contributed by atoms with Gasteiger partial charge in [-0.05, 0) is 24.6 Å². The van der Waals surface area contributed by atoms with Gasteiger partial charge in [-0.1, -0.05) is 90.1 Å². The van der Waals surface area contributed by atoms with E-state index in [2.05, 4.69) is 20.7 Å². The van der Waals surface area contributed by atoms with Gasteiger partial charge in [0.1, 0.15) is 0 Å². The van der Waals surface area contributed by atoms with Crippen molar-refractivity contribution in [2.45, 2.75) is 12.1 Å². The Balaban J connectivity index is 1.47. The predicted octanol–water partition coefficient (Wildman–Crippen LogP) is 4.49. The van der Waals surface area contributed by atoms with E-state index in [1.54, 1.807) is 6.21 Å². The zero-order valence-electron chi connectivity index (χ0n) is 17.0. The van der Waals surface area contributed by atoms with E-state index in [1.165, 1.54) is 17.3 Å². The minimum Gasteiger partial charge on any atom is -0.272 e. The first kappa shape index (κ1) is 20.6. The maximum Gasteiger partial charge on any atom is 0.250 e. The van der Waals surface area contributed by atoms with Crippen LogP contribution in [-0.2, 0) is 4.79 Å². The lowest BCUT2D eigenvalue weighted by Crippen LogP contribution is -2.20. The van der Waals surface area contributed by atoms with Crippen molar-refractivity contribution >= 4 is 23.9 Å². The molecule has 1 aromatic heterocycles. The van der Waals surface area contributed by atoms with Crippen LogP contribution in [0.15, 0.2) is 95.2 Å². The summed E-state index contributed by atoms with van der Waals surface area (Å²) in [6.07, 6.45) is 1.63. The van der Waals surface area contributed by atoms with E-state index in [4.69, 9.17) is 0 Å². The third-order valence-electron chi connectivity index (χ3n) is 4.49. The van der Waals surface area contributed by atoms with Crippen molar-refractivity contribution in [3.63, 3.8) is 0 Å². The van der Waals surface area contributed by atoms with Crippen molar-refractivity contribution in [1.29, 1.82) is 0 Å². The Bertz CT molecular complexity index is 1170. The van der Waals surface area contributed by atoms with Crippen molar-refractivity contribution in [2.24, 2.45) is 5.10 Å². The van der Waals surface area contributed by atoms with Crippen LogP contribution in [0, 0.1) is 6.92 Å². The Morgan fingerprint density at radius 3 is 2.35 bits per heavy atom. The second kappa shape index (κ2) is 9.86. The van der Waals surface area contributed by atoms with Gasteiger partial charge < -0.3 is 0 Å². The zero-order chi connectivity index (χ0) is 21.5. The number of carbonyl (C=O) groups is 1. The molecule has 31 heavy (non-hydrogen) atoms. The third kappa shape index (κ3) is 5.26. The van der Waals surface area contributed by atoms with E-state index in [0.717, 1.165) is 22.6 Å². The van der Waals surface area contributed by atoms with Crippen molar-refractivity contribution < 1.29 is 4.79 Å². The number of nitrogens with zero attached hydrogens (tertiary/aromatic N) is 4. The van der Waals surface area contributed by atoms with Crippen molar-refractivity contribution in [3.05, 3.63) is 96.1 Å². The molecule has 0 spiro atoms. The van der Waals surface area contributed by atoms with Crippen LogP contribution in [0.5, 0.6) is 0 Å². The van der Waals surface area contributed by atoms with Gasteiger partial charge in [0, 0.05) is 11.3 Å². The standard InChI is InChI=1S/C24H21N5OS/c1-18-12-14-19(15-13-18)16-25-26-22(30)17-31-24-28-27-23(20-8-4-2-5-9-20)29(24)21-10-6-3-7-11-21/h2-16H,17H2,1H3,(H,26,30)/b25-16+. The molecule has 0 fully saturated rings. The van der Waals surface area contributed by atoms with E-state index >= 15 is 0 Å². The molecule has 0 radical (unpaired) electrons. The van der Waals surface area contributed by atoms with E-state index in [-0.39, 0.29) is 11.7 Å². The Morgan fingerprint density at radius 2 is 1.65 bits per heavy atom. The van der Waals surface area contributed by atoms with Crippen LogP contribution in [0.3, 0.4) is 0 Å². The minimum atomic E-state index is -0.211. The SMILES string of the molecule is Cc1ccc(/C=N/NC(=O)CSc2nnc(-c3ccccc3)n2-c2ccccc2)cc1. The van der Waals surface area contributed by atoms with Gasteiger partial charge in [-0.2, -0.15) is 5.10 Å². The number of amides is 1. The molecule has 3 aromatic carbocycles. The summed E-state index contributed by atoms with van der Waals surface area (Å²) in [6, 6.07) is 27.6. The fraction of sp³-hybridized carbons (Fsp3) is 0.0833. The molecule has 7 heteroatoms. The van der Waals surface area contributed by atoms with Gasteiger partial charge in [0.2, 0.25) is 0 Å². The number of carbonyl (C=O) groups excluding carboxylic acids is 1. The second-order valence-corrected chi connectivity index (χ2v) is 7.78. The summed E-state index contributed by atoms with van der Waals surface area (Å²) in [5.74, 6) is 0.690. The number of para-hydroxylation sites is 1. The molecule has 0 aliphatic heterocycles. The number of benzene rings is 3. The van der Waals surface area contributed by atoms with Gasteiger partial charge in [0.15, 0.2) is 11.0 Å². The number of nitrogens with one attached hydrogen (secondary N) is 1. The molecule has 154 valence electrons. The topological polar surface area (TPSA) is 72.2 Å². The summed E-state index contributed by atoms with van der Waals surface area (Å²) >= 11 is 1.32. The highest BCUT2D eigenvalue weighted by Gasteiger charge is 2.16. The van der Waals surface area contributed by atoms with Gasteiger partial charge in [-0.15, -0.1) is 10.2 Å². The summed E-state index contributed by atoms with van der Waals surface area (Å²) in [4.78, 5) is 12.3. The van der Waals surface area contributed by atoms with E-state index < -0.39 is 0 Å². The maximum atomic E-state index is 12.3. The van der Waals surface area contributed by atoms with E-state index in [9.17, 15) is 4.79 Å². The molecule has 0 aliphatic carbocycles. The molecule has 1 heterocycles. The predicted molar refractivity (Wildman–Crippen MR) is 124 cm³/mol. The number of aromatic nitrogens is 3. The van der Waals surface area contributed by atoms with E-state index in [1.807, 2.05) is 96.4 Å². The molecule has 4 aromatic rings. The van der Waals surface area contributed by atoms with Gasteiger partial charge >= 0.3 is 0 Å².